The summed E-state index contributed by atoms with van der Waals surface area (Å²) in [5.41, 5.74) is 0. The van der Waals surface area contributed by atoms with Crippen molar-refractivity contribution in [2.45, 2.75) is 50.0 Å². The normalized spacial score (nSPS) is 17.8. The van der Waals surface area contributed by atoms with E-state index < -0.39 is 0 Å². The molecule has 106 valence electrons. The predicted octanol–water partition coefficient (Wildman–Crippen LogP) is 4.99. The van der Waals surface area contributed by atoms with Gasteiger partial charge in [0.25, 0.3) is 0 Å². The van der Waals surface area contributed by atoms with Crippen molar-refractivity contribution in [1.29, 1.82) is 0 Å². The number of nitrogens with one attached hydrogen (secondary N) is 1. The maximum atomic E-state index is 6.23. The second-order valence-electron chi connectivity index (χ2n) is 5.35. The molecule has 1 aromatic rings. The van der Waals surface area contributed by atoms with E-state index in [1.807, 2.05) is 23.9 Å². The summed E-state index contributed by atoms with van der Waals surface area (Å²) in [6, 6.07) is 8.81. The van der Waals surface area contributed by atoms with Crippen molar-refractivity contribution < 1.29 is 0 Å². The van der Waals surface area contributed by atoms with Crippen LogP contribution in [0.3, 0.4) is 0 Å². The van der Waals surface area contributed by atoms with Crippen LogP contribution in [0.1, 0.15) is 39.0 Å². The van der Waals surface area contributed by atoms with Gasteiger partial charge in [0, 0.05) is 16.7 Å². The first-order chi connectivity index (χ1) is 9.31. The molecular formula is C16H24ClNS. The molecule has 1 saturated carbocycles. The highest BCUT2D eigenvalue weighted by molar-refractivity contribution is 7.99. The van der Waals surface area contributed by atoms with Crippen molar-refractivity contribution in [3.8, 4) is 0 Å². The minimum atomic E-state index is 0.642. The zero-order valence-corrected chi connectivity index (χ0v) is 13.3. The lowest BCUT2D eigenvalue weighted by molar-refractivity contribution is 0.388. The molecule has 1 unspecified atom stereocenters. The molecule has 0 bridgehead atoms. The van der Waals surface area contributed by atoms with Crippen molar-refractivity contribution >= 4 is 23.4 Å². The molecule has 0 spiro atoms. The van der Waals surface area contributed by atoms with Gasteiger partial charge in [0.15, 0.2) is 0 Å². The van der Waals surface area contributed by atoms with Gasteiger partial charge < -0.3 is 5.32 Å². The van der Waals surface area contributed by atoms with Gasteiger partial charge in [0.05, 0.1) is 5.02 Å². The zero-order valence-electron chi connectivity index (χ0n) is 11.7. The molecule has 1 atom stereocenters. The molecular weight excluding hydrogens is 274 g/mol. The third-order valence-corrected chi connectivity index (χ3v) is 5.51. The van der Waals surface area contributed by atoms with Gasteiger partial charge in [-0.15, -0.1) is 11.8 Å². The van der Waals surface area contributed by atoms with Gasteiger partial charge in [-0.2, -0.15) is 0 Å². The van der Waals surface area contributed by atoms with E-state index in [0.717, 1.165) is 23.2 Å². The van der Waals surface area contributed by atoms with Crippen LogP contribution in [0.25, 0.3) is 0 Å². The van der Waals surface area contributed by atoms with Crippen molar-refractivity contribution in [3.63, 3.8) is 0 Å². The van der Waals surface area contributed by atoms with Gasteiger partial charge in [-0.1, -0.05) is 43.5 Å². The maximum absolute atomic E-state index is 6.23. The molecule has 1 aliphatic carbocycles. The van der Waals surface area contributed by atoms with E-state index in [1.165, 1.54) is 37.0 Å². The first-order valence-corrected chi connectivity index (χ1v) is 8.78. The number of hydrogen-bond donors (Lipinski definition) is 1. The smallest absolute Gasteiger partial charge is 0.0541 e. The summed E-state index contributed by atoms with van der Waals surface area (Å²) < 4.78 is 0. The molecule has 0 amide bonds. The van der Waals surface area contributed by atoms with Gasteiger partial charge in [-0.05, 0) is 43.9 Å². The second kappa shape index (κ2) is 8.18. The van der Waals surface area contributed by atoms with Gasteiger partial charge >= 0.3 is 0 Å². The Morgan fingerprint density at radius 2 is 2.05 bits per heavy atom. The minimum absolute atomic E-state index is 0.642. The SMILES string of the molecule is CCCNC(CSc1ccccc1Cl)C1CCCC1. The molecule has 3 heteroatoms. The van der Waals surface area contributed by atoms with Gasteiger partial charge in [0.1, 0.15) is 0 Å². The largest absolute Gasteiger partial charge is 0.313 e. The molecule has 0 saturated heterocycles. The van der Waals surface area contributed by atoms with Crippen molar-refractivity contribution in [2.75, 3.05) is 12.3 Å². The summed E-state index contributed by atoms with van der Waals surface area (Å²) in [5.74, 6) is 2.00. The number of thioether (sulfide) groups is 1. The molecule has 0 aliphatic heterocycles. The number of halogens is 1. The van der Waals surface area contributed by atoms with Crippen LogP contribution >= 0.6 is 23.4 Å². The minimum Gasteiger partial charge on any atom is -0.313 e. The fourth-order valence-corrected chi connectivity index (χ4v) is 4.22. The Kier molecular flexibility index (Phi) is 6.55. The Bertz CT molecular complexity index is 377. The summed E-state index contributed by atoms with van der Waals surface area (Å²) in [7, 11) is 0. The number of hydrogen-bond acceptors (Lipinski definition) is 2. The molecule has 0 aromatic heterocycles. The monoisotopic (exact) mass is 297 g/mol. The summed E-state index contributed by atoms with van der Waals surface area (Å²) in [6.07, 6.45) is 6.81. The lowest BCUT2D eigenvalue weighted by atomic mass is 10.00. The lowest BCUT2D eigenvalue weighted by Gasteiger charge is -2.24. The third kappa shape index (κ3) is 4.70. The van der Waals surface area contributed by atoms with E-state index >= 15 is 0 Å². The molecule has 2 rings (SSSR count). The Morgan fingerprint density at radius 1 is 1.32 bits per heavy atom. The Hall–Kier alpha value is -0.180. The lowest BCUT2D eigenvalue weighted by Crippen LogP contribution is -2.37. The van der Waals surface area contributed by atoms with Gasteiger partial charge in [-0.3, -0.25) is 0 Å². The number of benzene rings is 1. The van der Waals surface area contributed by atoms with Crippen LogP contribution < -0.4 is 5.32 Å². The average Bonchev–Trinajstić information content (AvgIpc) is 2.94. The Balaban J connectivity index is 1.90. The summed E-state index contributed by atoms with van der Waals surface area (Å²) in [4.78, 5) is 1.21. The van der Waals surface area contributed by atoms with Crippen LogP contribution in [0.15, 0.2) is 29.2 Å². The van der Waals surface area contributed by atoms with E-state index in [-0.39, 0.29) is 0 Å². The first kappa shape index (κ1) is 15.2. The molecule has 0 heterocycles. The van der Waals surface area contributed by atoms with Crippen LogP contribution in [0.2, 0.25) is 5.02 Å². The van der Waals surface area contributed by atoms with Crippen LogP contribution in [-0.4, -0.2) is 18.3 Å². The molecule has 19 heavy (non-hydrogen) atoms. The van der Waals surface area contributed by atoms with Gasteiger partial charge in [-0.25, -0.2) is 0 Å². The highest BCUT2D eigenvalue weighted by Gasteiger charge is 2.24. The highest BCUT2D eigenvalue weighted by atomic mass is 35.5. The summed E-state index contributed by atoms with van der Waals surface area (Å²) in [5, 5.41) is 4.62. The van der Waals surface area contributed by atoms with Gasteiger partial charge in [0.2, 0.25) is 0 Å². The first-order valence-electron chi connectivity index (χ1n) is 7.42. The third-order valence-electron chi connectivity index (χ3n) is 3.88. The van der Waals surface area contributed by atoms with Crippen molar-refractivity contribution in [2.24, 2.45) is 5.92 Å². The molecule has 1 nitrogen and oxygen atoms in total. The van der Waals surface area contributed by atoms with Crippen molar-refractivity contribution in [3.05, 3.63) is 29.3 Å². The zero-order chi connectivity index (χ0) is 13.5. The molecule has 0 radical (unpaired) electrons. The maximum Gasteiger partial charge on any atom is 0.0541 e. The summed E-state index contributed by atoms with van der Waals surface area (Å²) >= 11 is 8.13. The van der Waals surface area contributed by atoms with E-state index in [4.69, 9.17) is 11.6 Å². The average molecular weight is 298 g/mol. The highest BCUT2D eigenvalue weighted by Crippen LogP contribution is 2.32. The van der Waals surface area contributed by atoms with Crippen LogP contribution in [0.5, 0.6) is 0 Å². The quantitative estimate of drug-likeness (QED) is 0.712. The fraction of sp³-hybridized carbons (Fsp3) is 0.625. The molecule has 1 fully saturated rings. The Morgan fingerprint density at radius 3 is 2.74 bits per heavy atom. The second-order valence-corrected chi connectivity index (χ2v) is 6.82. The topological polar surface area (TPSA) is 12.0 Å². The standard InChI is InChI=1S/C16H24ClNS/c1-2-11-18-15(13-7-3-4-8-13)12-19-16-10-6-5-9-14(16)17/h5-6,9-10,13,15,18H,2-4,7-8,11-12H2,1H3. The van der Waals surface area contributed by atoms with E-state index in [0.29, 0.717) is 6.04 Å². The number of rotatable bonds is 7. The Labute approximate surface area is 126 Å². The molecule has 1 aromatic carbocycles. The van der Waals surface area contributed by atoms with E-state index in [9.17, 15) is 0 Å². The molecule has 1 aliphatic rings. The fourth-order valence-electron chi connectivity index (χ4n) is 2.79. The predicted molar refractivity (Wildman–Crippen MR) is 86.2 cm³/mol. The summed E-state index contributed by atoms with van der Waals surface area (Å²) in [6.45, 7) is 3.37. The van der Waals surface area contributed by atoms with Crippen LogP contribution in [0, 0.1) is 5.92 Å². The van der Waals surface area contributed by atoms with Crippen molar-refractivity contribution in [1.82, 2.24) is 5.32 Å². The van der Waals surface area contributed by atoms with Crippen LogP contribution in [0.4, 0.5) is 0 Å². The van der Waals surface area contributed by atoms with E-state index in [1.54, 1.807) is 0 Å². The molecule has 1 N–H and O–H groups in total. The van der Waals surface area contributed by atoms with Crippen LogP contribution in [-0.2, 0) is 0 Å². The van der Waals surface area contributed by atoms with E-state index in [2.05, 4.69) is 24.4 Å².